The van der Waals surface area contributed by atoms with Crippen molar-refractivity contribution < 1.29 is 0 Å². The molecule has 0 atom stereocenters. The van der Waals surface area contributed by atoms with Crippen LogP contribution in [0.4, 0.5) is 0 Å². The van der Waals surface area contributed by atoms with Crippen LogP contribution in [0.2, 0.25) is 0 Å². The van der Waals surface area contributed by atoms with Crippen LogP contribution >= 0.6 is 0 Å². The highest BCUT2D eigenvalue weighted by Gasteiger charge is 2.15. The van der Waals surface area contributed by atoms with E-state index in [1.165, 1.54) is 48.8 Å². The first-order valence-corrected chi connectivity index (χ1v) is 17.6. The summed E-state index contributed by atoms with van der Waals surface area (Å²) in [6.45, 7) is 0. The molecule has 3 nitrogen and oxygen atoms in total. The molecule has 0 aliphatic heterocycles. The lowest BCUT2D eigenvalue weighted by Gasteiger charge is -2.12. The molecule has 10 aromatic rings. The molecular formula is C49H31N3. The van der Waals surface area contributed by atoms with Crippen molar-refractivity contribution in [1.82, 2.24) is 15.0 Å². The normalized spacial score (nSPS) is 11.5. The molecule has 0 fully saturated rings. The summed E-state index contributed by atoms with van der Waals surface area (Å²) in [5.74, 6) is 1.93. The van der Waals surface area contributed by atoms with Gasteiger partial charge in [-0.05, 0) is 77.5 Å². The van der Waals surface area contributed by atoms with Gasteiger partial charge in [-0.25, -0.2) is 15.0 Å². The summed E-state index contributed by atoms with van der Waals surface area (Å²) in [5, 5.41) is 9.83. The number of nitrogens with zero attached hydrogens (tertiary/aromatic N) is 3. The SMILES string of the molecule is c1ccc(-c2ccc(-c3nc(-c4ccc(-c5ccc6ccccc6c5)cc4)nc(-c4ccc5c(ccc6ccc7ccccc7c65)c4)n3)cc2)cc1. The van der Waals surface area contributed by atoms with Crippen molar-refractivity contribution in [2.24, 2.45) is 0 Å². The maximum atomic E-state index is 5.10. The zero-order valence-corrected chi connectivity index (χ0v) is 28.2. The van der Waals surface area contributed by atoms with Gasteiger partial charge in [-0.1, -0.05) is 176 Å². The van der Waals surface area contributed by atoms with Gasteiger partial charge in [0.2, 0.25) is 0 Å². The first kappa shape index (κ1) is 29.9. The minimum absolute atomic E-state index is 0.641. The van der Waals surface area contributed by atoms with E-state index in [1.807, 2.05) is 6.07 Å². The Kier molecular flexibility index (Phi) is 7.14. The summed E-state index contributed by atoms with van der Waals surface area (Å²) >= 11 is 0. The molecule has 1 heterocycles. The van der Waals surface area contributed by atoms with Gasteiger partial charge in [-0.15, -0.1) is 0 Å². The van der Waals surface area contributed by atoms with Crippen molar-refractivity contribution in [1.29, 1.82) is 0 Å². The molecule has 242 valence electrons. The number of hydrogen-bond acceptors (Lipinski definition) is 3. The molecule has 0 unspecified atom stereocenters. The van der Waals surface area contributed by atoms with Crippen molar-refractivity contribution in [2.45, 2.75) is 0 Å². The molecule has 0 radical (unpaired) electrons. The maximum absolute atomic E-state index is 5.10. The van der Waals surface area contributed by atoms with E-state index in [9.17, 15) is 0 Å². The molecule has 3 heteroatoms. The van der Waals surface area contributed by atoms with Crippen molar-refractivity contribution in [2.75, 3.05) is 0 Å². The van der Waals surface area contributed by atoms with Gasteiger partial charge < -0.3 is 0 Å². The Morgan fingerprint density at radius 1 is 0.231 bits per heavy atom. The number of hydrogen-bond donors (Lipinski definition) is 0. The second-order valence-corrected chi connectivity index (χ2v) is 13.3. The zero-order chi connectivity index (χ0) is 34.4. The van der Waals surface area contributed by atoms with Crippen molar-refractivity contribution in [3.8, 4) is 56.4 Å². The van der Waals surface area contributed by atoms with Gasteiger partial charge in [0.05, 0.1) is 0 Å². The van der Waals surface area contributed by atoms with Crippen molar-refractivity contribution >= 4 is 43.1 Å². The molecule has 9 aromatic carbocycles. The molecule has 52 heavy (non-hydrogen) atoms. The Morgan fingerprint density at radius 2 is 0.654 bits per heavy atom. The third kappa shape index (κ3) is 5.37. The van der Waals surface area contributed by atoms with E-state index in [2.05, 4.69) is 182 Å². The van der Waals surface area contributed by atoms with Crippen molar-refractivity contribution in [3.63, 3.8) is 0 Å². The van der Waals surface area contributed by atoms with E-state index in [-0.39, 0.29) is 0 Å². The highest BCUT2D eigenvalue weighted by atomic mass is 15.0. The molecule has 0 amide bonds. The first-order valence-electron chi connectivity index (χ1n) is 17.6. The van der Waals surface area contributed by atoms with Crippen LogP contribution in [-0.4, -0.2) is 15.0 Å². The molecular weight excluding hydrogens is 631 g/mol. The van der Waals surface area contributed by atoms with Gasteiger partial charge in [-0.2, -0.15) is 0 Å². The van der Waals surface area contributed by atoms with Gasteiger partial charge in [-0.3, -0.25) is 0 Å². The standard InChI is InChI=1S/C49H31N3/c1-2-8-32(9-3-1)34-14-22-38(23-15-34)47-50-48(39-24-16-35(17-25-39)41-26-18-33-10-4-5-12-40(33)30-41)52-49(51-47)43-28-29-45-42(31-43)27-21-37-20-19-36-11-6-7-13-44(36)46(37)45/h1-31H. The Bertz CT molecular complexity index is 2930. The van der Waals surface area contributed by atoms with Crippen molar-refractivity contribution in [3.05, 3.63) is 188 Å². The van der Waals surface area contributed by atoms with Gasteiger partial charge in [0.25, 0.3) is 0 Å². The van der Waals surface area contributed by atoms with E-state index in [0.29, 0.717) is 17.5 Å². The average molecular weight is 662 g/mol. The largest absolute Gasteiger partial charge is 0.208 e. The summed E-state index contributed by atoms with van der Waals surface area (Å²) in [5.41, 5.74) is 7.48. The molecule has 0 saturated heterocycles. The number of benzene rings is 9. The molecule has 10 rings (SSSR count). The summed E-state index contributed by atoms with van der Waals surface area (Å²) < 4.78 is 0. The van der Waals surface area contributed by atoms with E-state index < -0.39 is 0 Å². The van der Waals surface area contributed by atoms with Crippen LogP contribution in [0.5, 0.6) is 0 Å². The topological polar surface area (TPSA) is 38.7 Å². The lowest BCUT2D eigenvalue weighted by atomic mass is 9.95. The highest BCUT2D eigenvalue weighted by molar-refractivity contribution is 6.20. The number of fused-ring (bicyclic) bond motifs is 6. The predicted octanol–water partition coefficient (Wildman–Crippen LogP) is 12.8. The lowest BCUT2D eigenvalue weighted by Crippen LogP contribution is -2.00. The van der Waals surface area contributed by atoms with Gasteiger partial charge in [0.15, 0.2) is 17.5 Å². The fourth-order valence-corrected chi connectivity index (χ4v) is 7.36. The Morgan fingerprint density at radius 3 is 1.37 bits per heavy atom. The average Bonchev–Trinajstić information content (AvgIpc) is 3.23. The Balaban J connectivity index is 1.09. The van der Waals surface area contributed by atoms with E-state index in [0.717, 1.165) is 33.2 Å². The van der Waals surface area contributed by atoms with Gasteiger partial charge >= 0.3 is 0 Å². The monoisotopic (exact) mass is 661 g/mol. The van der Waals surface area contributed by atoms with E-state index >= 15 is 0 Å². The lowest BCUT2D eigenvalue weighted by molar-refractivity contribution is 1.07. The molecule has 0 spiro atoms. The maximum Gasteiger partial charge on any atom is 0.164 e. The number of rotatable bonds is 5. The third-order valence-electron chi connectivity index (χ3n) is 10.1. The van der Waals surface area contributed by atoms with Crippen LogP contribution in [0.15, 0.2) is 188 Å². The molecule has 0 N–H and O–H groups in total. The summed E-state index contributed by atoms with van der Waals surface area (Å²) in [4.78, 5) is 15.3. The van der Waals surface area contributed by atoms with Crippen LogP contribution in [-0.2, 0) is 0 Å². The highest BCUT2D eigenvalue weighted by Crippen LogP contribution is 2.35. The van der Waals surface area contributed by atoms with Crippen LogP contribution in [0, 0.1) is 0 Å². The zero-order valence-electron chi connectivity index (χ0n) is 28.2. The summed E-state index contributed by atoms with van der Waals surface area (Å²) in [6.07, 6.45) is 0. The first-order chi connectivity index (χ1) is 25.7. The smallest absolute Gasteiger partial charge is 0.164 e. The minimum atomic E-state index is 0.641. The fourth-order valence-electron chi connectivity index (χ4n) is 7.36. The molecule has 1 aromatic heterocycles. The minimum Gasteiger partial charge on any atom is -0.208 e. The Hall–Kier alpha value is -6.97. The summed E-state index contributed by atoms with van der Waals surface area (Å²) in [7, 11) is 0. The van der Waals surface area contributed by atoms with Crippen LogP contribution < -0.4 is 0 Å². The predicted molar refractivity (Wildman–Crippen MR) is 217 cm³/mol. The van der Waals surface area contributed by atoms with Gasteiger partial charge in [0.1, 0.15) is 0 Å². The second kappa shape index (κ2) is 12.4. The van der Waals surface area contributed by atoms with Crippen LogP contribution in [0.1, 0.15) is 0 Å². The van der Waals surface area contributed by atoms with E-state index in [4.69, 9.17) is 15.0 Å². The summed E-state index contributed by atoms with van der Waals surface area (Å²) in [6, 6.07) is 66.5. The second-order valence-electron chi connectivity index (χ2n) is 13.3. The van der Waals surface area contributed by atoms with Crippen LogP contribution in [0.3, 0.4) is 0 Å². The molecule has 0 saturated carbocycles. The van der Waals surface area contributed by atoms with E-state index in [1.54, 1.807) is 0 Å². The fraction of sp³-hybridized carbons (Fsp3) is 0. The number of aromatic nitrogens is 3. The van der Waals surface area contributed by atoms with Gasteiger partial charge in [0, 0.05) is 16.7 Å². The molecule has 0 aliphatic carbocycles. The molecule has 0 aliphatic rings. The quantitative estimate of drug-likeness (QED) is 0.172. The molecule has 0 bridgehead atoms. The van der Waals surface area contributed by atoms with Crippen LogP contribution in [0.25, 0.3) is 99.5 Å². The Labute approximate surface area is 301 Å². The third-order valence-corrected chi connectivity index (χ3v) is 10.1.